The van der Waals surface area contributed by atoms with Gasteiger partial charge in [0, 0.05) is 23.5 Å². The Hall–Kier alpha value is -0.740. The molecule has 0 aliphatic carbocycles. The number of alkyl halides is 1. The van der Waals surface area contributed by atoms with E-state index in [1.807, 2.05) is 6.07 Å². The second-order valence-electron chi connectivity index (χ2n) is 5.82. The Morgan fingerprint density at radius 2 is 1.75 bits per heavy atom. The molecule has 2 fully saturated rings. The van der Waals surface area contributed by atoms with Crippen molar-refractivity contribution in [2.24, 2.45) is 0 Å². The van der Waals surface area contributed by atoms with Gasteiger partial charge in [-0.1, -0.05) is 22.0 Å². The molecular formula is C16H22BrNO2. The lowest BCUT2D eigenvalue weighted by atomic mass is 10.0. The molecule has 3 nitrogen and oxygen atoms in total. The Kier molecular flexibility index (Phi) is 4.22. The summed E-state index contributed by atoms with van der Waals surface area (Å²) in [6.07, 6.45) is 5.26. The zero-order valence-corrected chi connectivity index (χ0v) is 13.7. The molecule has 1 aromatic rings. The largest absolute Gasteiger partial charge is 0.493 e. The summed E-state index contributed by atoms with van der Waals surface area (Å²) in [5.41, 5.74) is 1.31. The van der Waals surface area contributed by atoms with Crippen LogP contribution >= 0.6 is 15.9 Å². The number of rotatable bonds is 4. The summed E-state index contributed by atoms with van der Waals surface area (Å²) >= 11 is 3.80. The smallest absolute Gasteiger partial charge is 0.161 e. The fourth-order valence-electron chi connectivity index (χ4n) is 3.66. The van der Waals surface area contributed by atoms with Gasteiger partial charge in [-0.25, -0.2) is 0 Å². The highest BCUT2D eigenvalue weighted by molar-refractivity contribution is 9.09. The van der Waals surface area contributed by atoms with E-state index in [4.69, 9.17) is 9.47 Å². The number of piperidine rings is 1. The van der Waals surface area contributed by atoms with E-state index in [1.54, 1.807) is 14.2 Å². The Labute approximate surface area is 129 Å². The average molecular weight is 340 g/mol. The number of hydrogen-bond donors (Lipinski definition) is 0. The monoisotopic (exact) mass is 339 g/mol. The predicted octanol–water partition coefficient (Wildman–Crippen LogP) is 3.59. The topological polar surface area (TPSA) is 21.7 Å². The van der Waals surface area contributed by atoms with E-state index in [0.717, 1.165) is 30.1 Å². The first-order valence-electron chi connectivity index (χ1n) is 7.32. The Balaban J connectivity index is 1.75. The highest BCUT2D eigenvalue weighted by Gasteiger charge is 2.39. The minimum atomic E-state index is 0.710. The lowest BCUT2D eigenvalue weighted by Crippen LogP contribution is -2.42. The van der Waals surface area contributed by atoms with Crippen molar-refractivity contribution in [3.63, 3.8) is 0 Å². The van der Waals surface area contributed by atoms with Gasteiger partial charge < -0.3 is 9.47 Å². The van der Waals surface area contributed by atoms with Crippen molar-refractivity contribution in [2.75, 3.05) is 14.2 Å². The molecule has 0 aromatic heterocycles. The van der Waals surface area contributed by atoms with Crippen molar-refractivity contribution >= 4 is 15.9 Å². The molecule has 0 saturated carbocycles. The van der Waals surface area contributed by atoms with E-state index >= 15 is 0 Å². The molecule has 0 N–H and O–H groups in total. The second-order valence-corrected chi connectivity index (χ2v) is 7.11. The molecule has 0 radical (unpaired) electrons. The van der Waals surface area contributed by atoms with Crippen LogP contribution in [0.1, 0.15) is 31.2 Å². The SMILES string of the molecule is COc1ccc(CN2C3CCC2CC(Br)C3)cc1OC. The standard InChI is InChI=1S/C16H22BrNO2/c1-19-15-6-3-11(7-16(15)20-2)10-18-13-4-5-14(18)9-12(17)8-13/h3,6-7,12-14H,4-5,8-10H2,1-2H3. The van der Waals surface area contributed by atoms with Crippen LogP contribution in [0.4, 0.5) is 0 Å². The van der Waals surface area contributed by atoms with Crippen molar-refractivity contribution < 1.29 is 9.47 Å². The first-order valence-corrected chi connectivity index (χ1v) is 8.23. The van der Waals surface area contributed by atoms with Crippen LogP contribution in [-0.2, 0) is 6.54 Å². The van der Waals surface area contributed by atoms with Crippen LogP contribution in [0.3, 0.4) is 0 Å². The van der Waals surface area contributed by atoms with E-state index in [1.165, 1.54) is 31.2 Å². The number of halogens is 1. The third-order valence-corrected chi connectivity index (χ3v) is 5.39. The summed E-state index contributed by atoms with van der Waals surface area (Å²) in [7, 11) is 3.38. The average Bonchev–Trinajstić information content (AvgIpc) is 2.70. The van der Waals surface area contributed by atoms with Crippen LogP contribution < -0.4 is 9.47 Å². The molecule has 110 valence electrons. The van der Waals surface area contributed by atoms with Crippen molar-refractivity contribution in [3.8, 4) is 11.5 Å². The third-order valence-electron chi connectivity index (χ3n) is 4.64. The number of nitrogens with zero attached hydrogens (tertiary/aromatic N) is 1. The molecule has 2 unspecified atom stereocenters. The van der Waals surface area contributed by atoms with Crippen LogP contribution in [0.5, 0.6) is 11.5 Å². The van der Waals surface area contributed by atoms with Crippen LogP contribution in [-0.4, -0.2) is 36.0 Å². The molecular weight excluding hydrogens is 318 g/mol. The summed E-state index contributed by atoms with van der Waals surface area (Å²) in [6, 6.07) is 7.75. The van der Waals surface area contributed by atoms with E-state index < -0.39 is 0 Å². The van der Waals surface area contributed by atoms with Gasteiger partial charge in [-0.05, 0) is 43.4 Å². The minimum absolute atomic E-state index is 0.710. The summed E-state index contributed by atoms with van der Waals surface area (Å²) in [4.78, 5) is 3.39. The van der Waals surface area contributed by atoms with E-state index in [9.17, 15) is 0 Å². The fourth-order valence-corrected chi connectivity index (χ4v) is 4.52. The summed E-state index contributed by atoms with van der Waals surface area (Å²) < 4.78 is 10.7. The summed E-state index contributed by atoms with van der Waals surface area (Å²) in [5.74, 6) is 1.63. The maximum absolute atomic E-state index is 5.40. The molecule has 20 heavy (non-hydrogen) atoms. The molecule has 2 atom stereocenters. The minimum Gasteiger partial charge on any atom is -0.493 e. The van der Waals surface area contributed by atoms with E-state index in [-0.39, 0.29) is 0 Å². The highest BCUT2D eigenvalue weighted by atomic mass is 79.9. The van der Waals surface area contributed by atoms with Gasteiger partial charge in [-0.3, -0.25) is 4.90 Å². The van der Waals surface area contributed by atoms with Gasteiger partial charge in [0.25, 0.3) is 0 Å². The molecule has 3 rings (SSSR count). The molecule has 2 saturated heterocycles. The lowest BCUT2D eigenvalue weighted by Gasteiger charge is -2.37. The van der Waals surface area contributed by atoms with Gasteiger partial charge in [0.1, 0.15) is 0 Å². The predicted molar refractivity (Wildman–Crippen MR) is 83.8 cm³/mol. The normalized spacial score (nSPS) is 29.4. The molecule has 2 aliphatic rings. The van der Waals surface area contributed by atoms with Gasteiger partial charge in [0.05, 0.1) is 14.2 Å². The van der Waals surface area contributed by atoms with Crippen LogP contribution in [0.15, 0.2) is 18.2 Å². The third kappa shape index (κ3) is 2.68. The van der Waals surface area contributed by atoms with Crippen molar-refractivity contribution in [2.45, 2.75) is 49.1 Å². The molecule has 2 aliphatic heterocycles. The van der Waals surface area contributed by atoms with E-state index in [0.29, 0.717) is 4.83 Å². The quantitative estimate of drug-likeness (QED) is 0.782. The Morgan fingerprint density at radius 3 is 2.35 bits per heavy atom. The molecule has 1 aromatic carbocycles. The van der Waals surface area contributed by atoms with Gasteiger partial charge >= 0.3 is 0 Å². The zero-order valence-electron chi connectivity index (χ0n) is 12.1. The second kappa shape index (κ2) is 5.94. The first kappa shape index (κ1) is 14.2. The molecule has 0 spiro atoms. The Morgan fingerprint density at radius 1 is 1.10 bits per heavy atom. The van der Waals surface area contributed by atoms with Gasteiger partial charge in [-0.2, -0.15) is 0 Å². The van der Waals surface area contributed by atoms with Crippen molar-refractivity contribution in [3.05, 3.63) is 23.8 Å². The fraction of sp³-hybridized carbons (Fsp3) is 0.625. The van der Waals surface area contributed by atoms with Crippen LogP contribution in [0.2, 0.25) is 0 Å². The number of fused-ring (bicyclic) bond motifs is 2. The number of benzene rings is 1. The summed E-state index contributed by atoms with van der Waals surface area (Å²) in [5, 5.41) is 0. The highest BCUT2D eigenvalue weighted by Crippen LogP contribution is 2.39. The maximum Gasteiger partial charge on any atom is 0.161 e. The molecule has 4 heteroatoms. The molecule has 0 amide bonds. The first-order chi connectivity index (χ1) is 9.71. The van der Waals surface area contributed by atoms with Crippen molar-refractivity contribution in [1.29, 1.82) is 0 Å². The van der Waals surface area contributed by atoms with Gasteiger partial charge in [0.2, 0.25) is 0 Å². The number of hydrogen-bond acceptors (Lipinski definition) is 3. The maximum atomic E-state index is 5.40. The number of methoxy groups -OCH3 is 2. The van der Waals surface area contributed by atoms with Crippen LogP contribution in [0.25, 0.3) is 0 Å². The van der Waals surface area contributed by atoms with Crippen molar-refractivity contribution in [1.82, 2.24) is 4.90 Å². The molecule has 2 heterocycles. The summed E-state index contributed by atoms with van der Waals surface area (Å²) in [6.45, 7) is 1.02. The Bertz CT molecular complexity index is 466. The van der Waals surface area contributed by atoms with Crippen LogP contribution in [0, 0.1) is 0 Å². The van der Waals surface area contributed by atoms with Gasteiger partial charge in [-0.15, -0.1) is 0 Å². The lowest BCUT2D eigenvalue weighted by molar-refractivity contribution is 0.137. The molecule has 2 bridgehead atoms. The van der Waals surface area contributed by atoms with E-state index in [2.05, 4.69) is 33.0 Å². The van der Waals surface area contributed by atoms with Gasteiger partial charge in [0.15, 0.2) is 11.5 Å². The zero-order chi connectivity index (χ0) is 14.1. The number of ether oxygens (including phenoxy) is 2.